The van der Waals surface area contributed by atoms with E-state index in [-0.39, 0.29) is 0 Å². The number of hydrogen-bond donors (Lipinski definition) is 0. The Labute approximate surface area is 497 Å². The third-order valence-electron chi connectivity index (χ3n) is 18.0. The van der Waals surface area contributed by atoms with Crippen LogP contribution >= 0.6 is 0 Å². The Morgan fingerprint density at radius 2 is 0.593 bits per heavy atom. The maximum atomic E-state index is 6.87. The molecule has 0 fully saturated rings. The van der Waals surface area contributed by atoms with Crippen molar-refractivity contribution >= 4 is 143 Å². The topological polar surface area (TPSA) is 42.6 Å². The van der Waals surface area contributed by atoms with Gasteiger partial charge in [0.15, 0.2) is 0 Å². The van der Waals surface area contributed by atoms with Gasteiger partial charge >= 0.3 is 0 Å². The standard InChI is InChI=1S/C80H58N4O2/c1-49(2)51-23-29-59(30-24-51)81(63-35-37-67-65-19-11-13-21-73(65)83(75(67)45-63)57-15-7-5-8-16-57)61-33-27-53-41-69-71-47-80-72(48-79(71)85-77(69)43-55(53)39-61)70-42-54-28-34-62(40-56(54)44-78(70)86-80)82(60-31-25-52(26-32-60)50(3)4)64-36-38-68-66-20-12-14-22-74(66)84(76(68)46-64)58-17-9-6-10-18-58/h5-50H,1-4H3. The van der Waals surface area contributed by atoms with Gasteiger partial charge in [0.25, 0.3) is 0 Å². The van der Waals surface area contributed by atoms with Crippen LogP contribution in [0.2, 0.25) is 0 Å². The van der Waals surface area contributed by atoms with Gasteiger partial charge in [0, 0.05) is 88.6 Å². The summed E-state index contributed by atoms with van der Waals surface area (Å²) in [5.41, 5.74) is 19.4. The lowest BCUT2D eigenvalue weighted by Gasteiger charge is -2.26. The third-order valence-corrected chi connectivity index (χ3v) is 18.0. The van der Waals surface area contributed by atoms with E-state index in [1.807, 2.05) is 0 Å². The zero-order chi connectivity index (χ0) is 57.3. The van der Waals surface area contributed by atoms with Gasteiger partial charge < -0.3 is 27.8 Å². The Kier molecular flexibility index (Phi) is 11.2. The molecular weight excluding hydrogens is 1050 g/mol. The maximum absolute atomic E-state index is 6.87. The normalized spacial score (nSPS) is 12.2. The van der Waals surface area contributed by atoms with E-state index in [1.54, 1.807) is 0 Å². The molecule has 0 aliphatic heterocycles. The van der Waals surface area contributed by atoms with Gasteiger partial charge in [0.05, 0.1) is 22.1 Å². The van der Waals surface area contributed by atoms with Crippen LogP contribution in [0.25, 0.3) is 120 Å². The van der Waals surface area contributed by atoms with Crippen LogP contribution in [0.5, 0.6) is 0 Å². The van der Waals surface area contributed by atoms with E-state index < -0.39 is 0 Å². The Morgan fingerprint density at radius 1 is 0.256 bits per heavy atom. The van der Waals surface area contributed by atoms with Gasteiger partial charge in [0.1, 0.15) is 22.3 Å². The molecule has 6 heteroatoms. The molecule has 6 nitrogen and oxygen atoms in total. The second kappa shape index (κ2) is 19.4. The number of anilines is 6. The number of nitrogens with zero attached hydrogens (tertiary/aromatic N) is 4. The van der Waals surface area contributed by atoms with Crippen molar-refractivity contribution in [2.24, 2.45) is 0 Å². The van der Waals surface area contributed by atoms with Crippen molar-refractivity contribution in [3.05, 3.63) is 278 Å². The van der Waals surface area contributed by atoms with Gasteiger partial charge in [0.2, 0.25) is 0 Å². The van der Waals surface area contributed by atoms with E-state index >= 15 is 0 Å². The molecule has 13 aromatic carbocycles. The zero-order valence-corrected chi connectivity index (χ0v) is 48.2. The molecule has 0 saturated heterocycles. The lowest BCUT2D eigenvalue weighted by molar-refractivity contribution is 0.664. The predicted molar refractivity (Wildman–Crippen MR) is 362 cm³/mol. The van der Waals surface area contributed by atoms with Crippen LogP contribution in [0, 0.1) is 0 Å². The highest BCUT2D eigenvalue weighted by molar-refractivity contribution is 6.19. The summed E-state index contributed by atoms with van der Waals surface area (Å²) < 4.78 is 18.5. The average molecular weight is 1110 g/mol. The first-order valence-corrected chi connectivity index (χ1v) is 29.9. The minimum absolute atomic E-state index is 0.422. The lowest BCUT2D eigenvalue weighted by atomic mass is 10.0. The van der Waals surface area contributed by atoms with Crippen molar-refractivity contribution in [1.82, 2.24) is 9.13 Å². The van der Waals surface area contributed by atoms with Gasteiger partial charge in [-0.2, -0.15) is 0 Å². The molecule has 0 spiro atoms. The van der Waals surface area contributed by atoms with E-state index in [0.717, 1.165) is 122 Å². The van der Waals surface area contributed by atoms with E-state index in [1.165, 1.54) is 43.7 Å². The second-order valence-corrected chi connectivity index (χ2v) is 23.8. The molecule has 4 heterocycles. The van der Waals surface area contributed by atoms with Crippen LogP contribution in [0.15, 0.2) is 276 Å². The highest BCUT2D eigenvalue weighted by atomic mass is 16.3. The molecular formula is C80H58N4O2. The Morgan fingerprint density at radius 3 is 1.01 bits per heavy atom. The Bertz CT molecular complexity index is 5190. The molecule has 0 atom stereocenters. The van der Waals surface area contributed by atoms with E-state index in [0.29, 0.717) is 11.8 Å². The first-order valence-electron chi connectivity index (χ1n) is 29.9. The third kappa shape index (κ3) is 7.94. The summed E-state index contributed by atoms with van der Waals surface area (Å²) in [5.74, 6) is 0.843. The van der Waals surface area contributed by atoms with Crippen molar-refractivity contribution in [3.8, 4) is 11.4 Å². The molecule has 0 saturated carbocycles. The van der Waals surface area contributed by atoms with Crippen LogP contribution in [0.1, 0.15) is 50.7 Å². The minimum atomic E-state index is 0.422. The molecule has 17 aromatic rings. The summed E-state index contributed by atoms with van der Waals surface area (Å²) in [6.07, 6.45) is 0. The Hall–Kier alpha value is -10.8. The summed E-state index contributed by atoms with van der Waals surface area (Å²) in [6, 6.07) is 97.6. The van der Waals surface area contributed by atoms with Gasteiger partial charge in [-0.15, -0.1) is 0 Å². The first-order chi connectivity index (χ1) is 42.2. The molecule has 0 N–H and O–H groups in total. The second-order valence-electron chi connectivity index (χ2n) is 23.8. The number of furan rings is 2. The number of hydrogen-bond acceptors (Lipinski definition) is 4. The summed E-state index contributed by atoms with van der Waals surface area (Å²) in [5, 5.41) is 13.5. The fraction of sp³-hybridized carbons (Fsp3) is 0.0750. The lowest BCUT2D eigenvalue weighted by Crippen LogP contribution is -2.10. The SMILES string of the molecule is CC(C)c1ccc(N(c2ccc3cc4c(cc3c2)oc2cc3c(cc24)oc2cc4cc(N(c5ccc(C(C)C)cc5)c5ccc6c7ccccc7n(-c7ccccc7)c6c5)ccc4cc23)c2ccc3c4ccccc4n(-c4ccccc4)c3c2)cc1. The van der Waals surface area contributed by atoms with Crippen molar-refractivity contribution in [2.75, 3.05) is 9.80 Å². The van der Waals surface area contributed by atoms with Gasteiger partial charge in [-0.05, 0) is 190 Å². The van der Waals surface area contributed by atoms with E-state index in [9.17, 15) is 0 Å². The monoisotopic (exact) mass is 1110 g/mol. The molecule has 17 rings (SSSR count). The summed E-state index contributed by atoms with van der Waals surface area (Å²) in [6.45, 7) is 8.99. The maximum Gasteiger partial charge on any atom is 0.136 e. The zero-order valence-electron chi connectivity index (χ0n) is 48.2. The quantitative estimate of drug-likeness (QED) is 0.137. The van der Waals surface area contributed by atoms with Crippen molar-refractivity contribution in [1.29, 1.82) is 0 Å². The molecule has 0 bridgehead atoms. The molecule has 4 aromatic heterocycles. The van der Waals surface area contributed by atoms with Crippen LogP contribution in [0.4, 0.5) is 34.1 Å². The number of benzene rings is 13. The van der Waals surface area contributed by atoms with Crippen molar-refractivity contribution < 1.29 is 8.83 Å². The fourth-order valence-electron chi connectivity index (χ4n) is 13.6. The molecule has 0 unspecified atom stereocenters. The van der Waals surface area contributed by atoms with Crippen molar-refractivity contribution in [3.63, 3.8) is 0 Å². The number of fused-ring (bicyclic) bond motifs is 14. The molecule has 0 aliphatic carbocycles. The summed E-state index contributed by atoms with van der Waals surface area (Å²) in [7, 11) is 0. The van der Waals surface area contributed by atoms with E-state index in [4.69, 9.17) is 8.83 Å². The number of para-hydroxylation sites is 4. The summed E-state index contributed by atoms with van der Waals surface area (Å²) in [4.78, 5) is 4.77. The molecule has 0 amide bonds. The highest BCUT2D eigenvalue weighted by Gasteiger charge is 2.23. The van der Waals surface area contributed by atoms with Crippen molar-refractivity contribution in [2.45, 2.75) is 39.5 Å². The van der Waals surface area contributed by atoms with Gasteiger partial charge in [-0.3, -0.25) is 0 Å². The van der Waals surface area contributed by atoms with Crippen LogP contribution in [0.3, 0.4) is 0 Å². The number of aromatic nitrogens is 2. The van der Waals surface area contributed by atoms with Crippen LogP contribution < -0.4 is 9.80 Å². The van der Waals surface area contributed by atoms with Gasteiger partial charge in [-0.25, -0.2) is 0 Å². The highest BCUT2D eigenvalue weighted by Crippen LogP contribution is 2.46. The van der Waals surface area contributed by atoms with Gasteiger partial charge in [-0.1, -0.05) is 149 Å². The van der Waals surface area contributed by atoms with E-state index in [2.05, 4.69) is 314 Å². The fourth-order valence-corrected chi connectivity index (χ4v) is 13.6. The Balaban J connectivity index is 0.759. The average Bonchev–Trinajstić information content (AvgIpc) is 1.71. The predicted octanol–water partition coefficient (Wildman–Crippen LogP) is 23.2. The molecule has 410 valence electrons. The molecule has 86 heavy (non-hydrogen) atoms. The number of rotatable bonds is 10. The molecule has 0 aliphatic rings. The molecule has 0 radical (unpaired) electrons. The summed E-state index contributed by atoms with van der Waals surface area (Å²) >= 11 is 0. The van der Waals surface area contributed by atoms with Crippen LogP contribution in [-0.4, -0.2) is 9.13 Å². The first kappa shape index (κ1) is 49.8. The largest absolute Gasteiger partial charge is 0.456 e. The van der Waals surface area contributed by atoms with Crippen LogP contribution in [-0.2, 0) is 0 Å². The smallest absolute Gasteiger partial charge is 0.136 e. The minimum Gasteiger partial charge on any atom is -0.456 e.